The summed E-state index contributed by atoms with van der Waals surface area (Å²) in [7, 11) is 0. The Morgan fingerprint density at radius 2 is 1.69 bits per heavy atom. The van der Waals surface area contributed by atoms with Gasteiger partial charge in [0.1, 0.15) is 5.69 Å². The third kappa shape index (κ3) is 11.0. The summed E-state index contributed by atoms with van der Waals surface area (Å²) in [6, 6.07) is 0.437. The van der Waals surface area contributed by atoms with Crippen LogP contribution in [0.4, 0.5) is 26.3 Å². The number of unbranched alkanes of at least 4 members (excludes halogenated alkanes) is 5. The van der Waals surface area contributed by atoms with Crippen molar-refractivity contribution in [2.45, 2.75) is 63.6 Å². The summed E-state index contributed by atoms with van der Waals surface area (Å²) in [5, 5.41) is 2.71. The summed E-state index contributed by atoms with van der Waals surface area (Å²) in [4.78, 5) is 14.9. The fourth-order valence-electron chi connectivity index (χ4n) is 3.24. The highest BCUT2D eigenvalue weighted by Crippen LogP contribution is 2.36. The van der Waals surface area contributed by atoms with E-state index in [1.54, 1.807) is 19.1 Å². The quantitative estimate of drug-likeness (QED) is 0.152. The third-order valence-corrected chi connectivity index (χ3v) is 5.16. The molecule has 6 nitrogen and oxygen atoms in total. The van der Waals surface area contributed by atoms with Gasteiger partial charge in [0.05, 0.1) is 31.9 Å². The fraction of sp³-hybridized carbons (Fsp3) is 0.583. The predicted molar refractivity (Wildman–Crippen MR) is 119 cm³/mol. The summed E-state index contributed by atoms with van der Waals surface area (Å²) in [5.41, 5.74) is -3.09. The summed E-state index contributed by atoms with van der Waals surface area (Å²) >= 11 is 0. The van der Waals surface area contributed by atoms with E-state index in [1.165, 1.54) is 6.08 Å². The number of nitrogens with one attached hydrogen (secondary N) is 1. The van der Waals surface area contributed by atoms with Crippen LogP contribution in [-0.2, 0) is 26.6 Å². The molecule has 0 bridgehead atoms. The highest BCUT2D eigenvalue weighted by atomic mass is 19.4. The van der Waals surface area contributed by atoms with Gasteiger partial charge in [-0.25, -0.2) is 4.98 Å². The number of ether oxygens (including phenoxy) is 3. The van der Waals surface area contributed by atoms with Gasteiger partial charge in [0, 0.05) is 12.1 Å². The number of aromatic nitrogens is 1. The van der Waals surface area contributed by atoms with E-state index in [1.807, 2.05) is 6.08 Å². The number of allylic oxidation sites excluding steroid dienone is 3. The van der Waals surface area contributed by atoms with Crippen LogP contribution in [0.3, 0.4) is 0 Å². The first-order valence-electron chi connectivity index (χ1n) is 11.6. The minimum atomic E-state index is -5.01. The number of hydrogen-bond donors (Lipinski definition) is 1. The van der Waals surface area contributed by atoms with E-state index in [-0.39, 0.29) is 25.1 Å². The van der Waals surface area contributed by atoms with Crippen LogP contribution in [0.15, 0.2) is 36.4 Å². The largest absolute Gasteiger partial charge is 0.478 e. The van der Waals surface area contributed by atoms with Gasteiger partial charge in [-0.2, -0.15) is 26.3 Å². The van der Waals surface area contributed by atoms with E-state index in [0.29, 0.717) is 32.1 Å². The molecule has 1 aromatic rings. The van der Waals surface area contributed by atoms with Gasteiger partial charge in [-0.1, -0.05) is 37.5 Å². The van der Waals surface area contributed by atoms with Crippen molar-refractivity contribution in [3.63, 3.8) is 0 Å². The van der Waals surface area contributed by atoms with Crippen molar-refractivity contribution in [1.29, 1.82) is 0 Å². The van der Waals surface area contributed by atoms with Crippen molar-refractivity contribution in [2.75, 3.05) is 26.4 Å². The molecule has 36 heavy (non-hydrogen) atoms. The number of nitrogens with zero attached hydrogens (tertiary/aromatic N) is 1. The molecular formula is C24H30F6N2O4. The molecule has 1 N–H and O–H groups in total. The van der Waals surface area contributed by atoms with Gasteiger partial charge in [0.2, 0.25) is 11.8 Å². The highest BCUT2D eigenvalue weighted by Gasteiger charge is 2.38. The van der Waals surface area contributed by atoms with Crippen LogP contribution >= 0.6 is 0 Å². The number of carbonyl (C=O) groups excluding carboxylic acids is 1. The van der Waals surface area contributed by atoms with Crippen LogP contribution in [0.5, 0.6) is 5.88 Å². The smallest absolute Gasteiger partial charge is 0.433 e. The van der Waals surface area contributed by atoms with E-state index in [2.05, 4.69) is 10.3 Å². The molecule has 1 fully saturated rings. The number of amides is 1. The summed E-state index contributed by atoms with van der Waals surface area (Å²) in [6.07, 6.45) is 1.42. The molecule has 1 aromatic heterocycles. The molecule has 0 aromatic carbocycles. The summed E-state index contributed by atoms with van der Waals surface area (Å²) in [5.74, 6) is -1.73. The Labute approximate surface area is 205 Å². The van der Waals surface area contributed by atoms with Gasteiger partial charge < -0.3 is 19.5 Å². The average Bonchev–Trinajstić information content (AvgIpc) is 3.24. The number of halogens is 6. The molecule has 1 saturated heterocycles. The molecule has 0 radical (unpaired) electrons. The molecule has 1 amide bonds. The van der Waals surface area contributed by atoms with Crippen LogP contribution in [-0.4, -0.2) is 43.0 Å². The van der Waals surface area contributed by atoms with Crippen LogP contribution in [0.1, 0.15) is 56.7 Å². The molecule has 1 aliphatic heterocycles. The van der Waals surface area contributed by atoms with Crippen molar-refractivity contribution in [3.05, 3.63) is 47.7 Å². The summed E-state index contributed by atoms with van der Waals surface area (Å²) in [6.45, 7) is 2.99. The van der Waals surface area contributed by atoms with Crippen molar-refractivity contribution >= 4 is 5.91 Å². The minimum absolute atomic E-state index is 0.0320. The Hall–Kier alpha value is -2.60. The first kappa shape index (κ1) is 29.6. The number of carbonyl (C=O) groups is 1. The maximum absolute atomic E-state index is 12.8. The molecule has 0 saturated carbocycles. The number of alkyl halides is 6. The van der Waals surface area contributed by atoms with Crippen molar-refractivity contribution in [2.24, 2.45) is 0 Å². The lowest BCUT2D eigenvalue weighted by Crippen LogP contribution is -2.40. The van der Waals surface area contributed by atoms with Gasteiger partial charge in [0.25, 0.3) is 0 Å². The molecule has 1 aliphatic rings. The Morgan fingerprint density at radius 3 is 2.36 bits per heavy atom. The molecule has 2 heterocycles. The molecule has 0 atom stereocenters. The van der Waals surface area contributed by atoms with Gasteiger partial charge in [0.15, 0.2) is 5.79 Å². The lowest BCUT2D eigenvalue weighted by Gasteiger charge is -2.21. The second-order valence-electron chi connectivity index (χ2n) is 8.32. The van der Waals surface area contributed by atoms with E-state index in [4.69, 9.17) is 14.2 Å². The first-order valence-corrected chi connectivity index (χ1v) is 11.6. The van der Waals surface area contributed by atoms with Gasteiger partial charge in [-0.15, -0.1) is 0 Å². The summed E-state index contributed by atoms with van der Waals surface area (Å²) < 4.78 is 92.8. The van der Waals surface area contributed by atoms with Gasteiger partial charge in [-0.3, -0.25) is 4.79 Å². The Morgan fingerprint density at radius 1 is 1.03 bits per heavy atom. The van der Waals surface area contributed by atoms with Gasteiger partial charge in [-0.05, 0) is 32.3 Å². The normalized spacial score (nSPS) is 16.2. The standard InChI is InChI=1S/C24H30F6N2O4/c1-22(35-13-14-36-22)17-31-20(33)11-9-7-5-3-2-4-6-8-10-12-34-21-16-18(23(25,26)27)15-19(32-21)24(28,29)30/h5,7,9,11,15-16H,2-4,6,8,10,12-14,17H2,1H3,(H,31,33). The molecule has 0 aliphatic carbocycles. The Balaban J connectivity index is 1.57. The maximum atomic E-state index is 12.8. The van der Waals surface area contributed by atoms with Crippen LogP contribution in [0.25, 0.3) is 0 Å². The van der Waals surface area contributed by atoms with Crippen LogP contribution < -0.4 is 10.1 Å². The van der Waals surface area contributed by atoms with Crippen molar-refractivity contribution < 1.29 is 45.3 Å². The SMILES string of the molecule is CC1(CNC(=O)C=CC=CCCCCCCCOc2cc(C(F)(F)F)cc(C(F)(F)F)n2)OCCO1. The molecule has 12 heteroatoms. The monoisotopic (exact) mass is 524 g/mol. The zero-order chi connectivity index (χ0) is 26.7. The molecule has 2 rings (SSSR count). The Kier molecular flexibility index (Phi) is 11.2. The van der Waals surface area contributed by atoms with E-state index < -0.39 is 35.3 Å². The minimum Gasteiger partial charge on any atom is -0.478 e. The van der Waals surface area contributed by atoms with Crippen molar-refractivity contribution in [1.82, 2.24) is 10.3 Å². The lowest BCUT2D eigenvalue weighted by atomic mass is 10.1. The van der Waals surface area contributed by atoms with Gasteiger partial charge >= 0.3 is 12.4 Å². The molecule has 202 valence electrons. The Bertz CT molecular complexity index is 861. The van der Waals surface area contributed by atoms with Crippen LogP contribution in [0.2, 0.25) is 0 Å². The van der Waals surface area contributed by atoms with E-state index in [9.17, 15) is 31.1 Å². The molecular weight excluding hydrogens is 494 g/mol. The van der Waals surface area contributed by atoms with Crippen molar-refractivity contribution in [3.8, 4) is 5.88 Å². The maximum Gasteiger partial charge on any atom is 0.433 e. The second kappa shape index (κ2) is 13.6. The number of rotatable bonds is 13. The molecule has 0 unspecified atom stereocenters. The average molecular weight is 525 g/mol. The zero-order valence-corrected chi connectivity index (χ0v) is 19.9. The van der Waals surface area contributed by atoms with E-state index >= 15 is 0 Å². The number of pyridine rings is 1. The second-order valence-corrected chi connectivity index (χ2v) is 8.32. The highest BCUT2D eigenvalue weighted by molar-refractivity contribution is 5.87. The van der Waals surface area contributed by atoms with E-state index in [0.717, 1.165) is 25.7 Å². The third-order valence-electron chi connectivity index (χ3n) is 5.16. The topological polar surface area (TPSA) is 69.7 Å². The zero-order valence-electron chi connectivity index (χ0n) is 19.9. The fourth-order valence-corrected chi connectivity index (χ4v) is 3.24. The van der Waals surface area contributed by atoms with Crippen LogP contribution in [0, 0.1) is 0 Å². The first-order chi connectivity index (χ1) is 16.9. The lowest BCUT2D eigenvalue weighted by molar-refractivity contribution is -0.146. The number of hydrogen-bond acceptors (Lipinski definition) is 5. The molecule has 0 spiro atoms. The predicted octanol–water partition coefficient (Wildman–Crippen LogP) is 5.83.